The molecule has 0 aromatic heterocycles. The number of nitrogens with zero attached hydrogens (tertiary/aromatic N) is 2. The van der Waals surface area contributed by atoms with Gasteiger partial charge in [-0.25, -0.2) is 4.39 Å². The molecule has 2 atom stereocenters. The van der Waals surface area contributed by atoms with Crippen molar-refractivity contribution in [3.63, 3.8) is 0 Å². The van der Waals surface area contributed by atoms with Crippen LogP contribution in [0.4, 0.5) is 4.39 Å². The Kier molecular flexibility index (Phi) is 9.12. The van der Waals surface area contributed by atoms with Crippen molar-refractivity contribution in [3.05, 3.63) is 101 Å². The number of amides is 2. The van der Waals surface area contributed by atoms with Gasteiger partial charge in [0, 0.05) is 18.7 Å². The van der Waals surface area contributed by atoms with E-state index in [1.165, 1.54) is 37.8 Å². The molecule has 2 aliphatic heterocycles. The van der Waals surface area contributed by atoms with Crippen LogP contribution in [-0.4, -0.2) is 54.9 Å². The molecule has 3 aromatic carbocycles. The maximum Gasteiger partial charge on any atom is 0.255 e. The van der Waals surface area contributed by atoms with Crippen LogP contribution in [0.2, 0.25) is 0 Å². The van der Waals surface area contributed by atoms with E-state index in [4.69, 9.17) is 4.74 Å². The van der Waals surface area contributed by atoms with Gasteiger partial charge < -0.3 is 19.9 Å². The number of fused-ring (bicyclic) bond motifs is 1. The van der Waals surface area contributed by atoms with Crippen LogP contribution >= 0.6 is 0 Å². The smallest absolute Gasteiger partial charge is 0.255 e. The Labute approximate surface area is 236 Å². The Morgan fingerprint density at radius 1 is 0.950 bits per heavy atom. The molecule has 1 fully saturated rings. The number of hydrogen-bond donors (Lipinski definition) is 1. The number of likely N-dealkylation sites (tertiary alicyclic amines) is 1. The van der Waals surface area contributed by atoms with Gasteiger partial charge in [0.1, 0.15) is 11.6 Å². The summed E-state index contributed by atoms with van der Waals surface area (Å²) in [7, 11) is 1.61. The summed E-state index contributed by atoms with van der Waals surface area (Å²) >= 11 is 0. The van der Waals surface area contributed by atoms with Crippen LogP contribution in [0.25, 0.3) is 0 Å². The number of nitrogens with one attached hydrogen (secondary N) is 1. The van der Waals surface area contributed by atoms with E-state index in [1.54, 1.807) is 30.2 Å². The van der Waals surface area contributed by atoms with Crippen molar-refractivity contribution in [3.8, 4) is 5.75 Å². The highest BCUT2D eigenvalue weighted by Gasteiger charge is 2.44. The zero-order valence-electron chi connectivity index (χ0n) is 23.2. The SMILES string of the molecule is COc1ccc([C@@H]2[C@@H](C(=O)NCCCN3CCCCCC3)c3ccccc3C(=O)N2Cc2ccc(F)cc2)cc1. The molecule has 2 heterocycles. The molecule has 0 bridgehead atoms. The summed E-state index contributed by atoms with van der Waals surface area (Å²) in [5, 5.41) is 3.20. The maximum atomic E-state index is 14.0. The standard InChI is InChI=1S/C33H38FN3O3/c1-40-27-17-13-25(14-18-27)31-30(32(38)35-19-8-22-36-20-6-2-3-7-21-36)28-9-4-5-10-29(28)33(39)37(31)23-24-11-15-26(34)16-12-24/h4-5,9-18,30-31H,2-3,6-8,19-23H2,1H3,(H,35,38)/t30-,31+/m0/s1. The van der Waals surface area contributed by atoms with Crippen molar-refractivity contribution < 1.29 is 18.7 Å². The van der Waals surface area contributed by atoms with Gasteiger partial charge in [0.2, 0.25) is 5.91 Å². The van der Waals surface area contributed by atoms with Crippen molar-refractivity contribution >= 4 is 11.8 Å². The third kappa shape index (κ3) is 6.36. The summed E-state index contributed by atoms with van der Waals surface area (Å²) in [6.07, 6.45) is 5.97. The van der Waals surface area contributed by atoms with E-state index in [0.29, 0.717) is 17.9 Å². The first-order chi connectivity index (χ1) is 19.5. The molecule has 1 N–H and O–H groups in total. The number of carbonyl (C=O) groups is 2. The van der Waals surface area contributed by atoms with Gasteiger partial charge in [-0.2, -0.15) is 0 Å². The van der Waals surface area contributed by atoms with Gasteiger partial charge in [-0.15, -0.1) is 0 Å². The largest absolute Gasteiger partial charge is 0.497 e. The average molecular weight is 544 g/mol. The number of halogens is 1. The van der Waals surface area contributed by atoms with Crippen LogP contribution in [0, 0.1) is 5.82 Å². The quantitative estimate of drug-likeness (QED) is 0.352. The fourth-order valence-corrected chi connectivity index (χ4v) is 5.99. The highest BCUT2D eigenvalue weighted by atomic mass is 19.1. The van der Waals surface area contributed by atoms with Crippen molar-refractivity contribution in [2.24, 2.45) is 0 Å². The predicted molar refractivity (Wildman–Crippen MR) is 154 cm³/mol. The van der Waals surface area contributed by atoms with E-state index >= 15 is 0 Å². The second-order valence-corrected chi connectivity index (χ2v) is 10.7. The van der Waals surface area contributed by atoms with Gasteiger partial charge in [0.05, 0.1) is 19.1 Å². The molecule has 40 heavy (non-hydrogen) atoms. The molecule has 2 aliphatic rings. The number of benzene rings is 3. The van der Waals surface area contributed by atoms with E-state index in [-0.39, 0.29) is 24.2 Å². The lowest BCUT2D eigenvalue weighted by molar-refractivity contribution is -0.124. The Hall–Kier alpha value is -3.71. The van der Waals surface area contributed by atoms with E-state index < -0.39 is 12.0 Å². The fraction of sp³-hybridized carbons (Fsp3) is 0.394. The lowest BCUT2D eigenvalue weighted by Gasteiger charge is -2.42. The molecule has 0 unspecified atom stereocenters. The lowest BCUT2D eigenvalue weighted by Crippen LogP contribution is -2.47. The first-order valence-electron chi connectivity index (χ1n) is 14.3. The first-order valence-corrected chi connectivity index (χ1v) is 14.3. The van der Waals surface area contributed by atoms with Gasteiger partial charge in [-0.05, 0) is 85.9 Å². The number of carbonyl (C=O) groups excluding carboxylic acids is 2. The maximum absolute atomic E-state index is 14.0. The number of methoxy groups -OCH3 is 1. The Balaban J connectivity index is 1.44. The van der Waals surface area contributed by atoms with Crippen molar-refractivity contribution in [2.75, 3.05) is 33.3 Å². The van der Waals surface area contributed by atoms with E-state index in [9.17, 15) is 14.0 Å². The van der Waals surface area contributed by atoms with Crippen LogP contribution in [0.15, 0.2) is 72.8 Å². The third-order valence-corrected chi connectivity index (χ3v) is 8.09. The number of rotatable bonds is 9. The molecule has 7 heteroatoms. The molecule has 0 radical (unpaired) electrons. The molecule has 6 nitrogen and oxygen atoms in total. The van der Waals surface area contributed by atoms with Crippen molar-refractivity contribution in [2.45, 2.75) is 50.6 Å². The summed E-state index contributed by atoms with van der Waals surface area (Å²) in [6.45, 7) is 4.06. The summed E-state index contributed by atoms with van der Waals surface area (Å²) in [6, 6.07) is 20.6. The second kappa shape index (κ2) is 13.1. The topological polar surface area (TPSA) is 61.9 Å². The Bertz CT molecular complexity index is 1290. The number of ether oxygens (including phenoxy) is 1. The highest BCUT2D eigenvalue weighted by molar-refractivity contribution is 6.01. The number of hydrogen-bond acceptors (Lipinski definition) is 4. The average Bonchev–Trinajstić information content (AvgIpc) is 3.26. The zero-order valence-corrected chi connectivity index (χ0v) is 23.2. The Morgan fingerprint density at radius 2 is 1.65 bits per heavy atom. The molecule has 2 amide bonds. The summed E-state index contributed by atoms with van der Waals surface area (Å²) in [5.41, 5.74) is 2.90. The lowest BCUT2D eigenvalue weighted by atomic mass is 9.79. The van der Waals surface area contributed by atoms with Gasteiger partial charge in [-0.1, -0.05) is 55.3 Å². The highest BCUT2D eigenvalue weighted by Crippen LogP contribution is 2.44. The van der Waals surface area contributed by atoms with Crippen molar-refractivity contribution in [1.29, 1.82) is 0 Å². The minimum Gasteiger partial charge on any atom is -0.497 e. The second-order valence-electron chi connectivity index (χ2n) is 10.7. The fourth-order valence-electron chi connectivity index (χ4n) is 5.99. The molecule has 210 valence electrons. The zero-order chi connectivity index (χ0) is 27.9. The third-order valence-electron chi connectivity index (χ3n) is 8.09. The van der Waals surface area contributed by atoms with E-state index in [1.807, 2.05) is 42.5 Å². The predicted octanol–water partition coefficient (Wildman–Crippen LogP) is 5.70. The molecule has 0 aliphatic carbocycles. The van der Waals surface area contributed by atoms with E-state index in [0.717, 1.165) is 42.7 Å². The molecule has 5 rings (SSSR count). The van der Waals surface area contributed by atoms with Gasteiger partial charge >= 0.3 is 0 Å². The molecule has 3 aromatic rings. The minimum absolute atomic E-state index is 0.0965. The minimum atomic E-state index is -0.596. The molecular formula is C33H38FN3O3. The Morgan fingerprint density at radius 3 is 2.35 bits per heavy atom. The van der Waals surface area contributed by atoms with Crippen LogP contribution in [0.1, 0.15) is 71.1 Å². The van der Waals surface area contributed by atoms with Crippen LogP contribution in [-0.2, 0) is 11.3 Å². The van der Waals surface area contributed by atoms with E-state index in [2.05, 4.69) is 10.2 Å². The summed E-state index contributed by atoms with van der Waals surface area (Å²) in [4.78, 5) is 32.1. The molecule has 0 saturated carbocycles. The molecular weight excluding hydrogens is 505 g/mol. The van der Waals surface area contributed by atoms with Gasteiger partial charge in [-0.3, -0.25) is 9.59 Å². The summed E-state index contributed by atoms with van der Waals surface area (Å²) < 4.78 is 19.0. The van der Waals surface area contributed by atoms with Crippen LogP contribution in [0.5, 0.6) is 5.75 Å². The van der Waals surface area contributed by atoms with Gasteiger partial charge in [0.25, 0.3) is 5.91 Å². The van der Waals surface area contributed by atoms with Crippen LogP contribution in [0.3, 0.4) is 0 Å². The molecule has 1 saturated heterocycles. The molecule has 0 spiro atoms. The van der Waals surface area contributed by atoms with Crippen LogP contribution < -0.4 is 10.1 Å². The van der Waals surface area contributed by atoms with Gasteiger partial charge in [0.15, 0.2) is 0 Å². The van der Waals surface area contributed by atoms with Crippen molar-refractivity contribution in [1.82, 2.24) is 15.1 Å². The first kappa shape index (κ1) is 27.8. The normalized spacial score (nSPS) is 19.6. The summed E-state index contributed by atoms with van der Waals surface area (Å²) in [5.74, 6) is -0.471. The monoisotopic (exact) mass is 543 g/mol.